The molecule has 0 aromatic heterocycles. The largest absolute Gasteiger partial charge is 0.481 e. The molecule has 1 N–H and O–H groups in total. The van der Waals surface area contributed by atoms with Crippen LogP contribution in [0.3, 0.4) is 0 Å². The van der Waals surface area contributed by atoms with Crippen LogP contribution in [0.2, 0.25) is 0 Å². The number of halogens is 1. The highest BCUT2D eigenvalue weighted by Gasteiger charge is 2.15. The summed E-state index contributed by atoms with van der Waals surface area (Å²) < 4.78 is 0.446. The van der Waals surface area contributed by atoms with Crippen molar-refractivity contribution >= 4 is 27.6 Å². The second-order valence-corrected chi connectivity index (χ2v) is 3.91. The van der Waals surface area contributed by atoms with Gasteiger partial charge in [0.05, 0.1) is 11.3 Å². The molecule has 0 amide bonds. The number of carboxylic acid groups (broad SMARTS) is 1. The summed E-state index contributed by atoms with van der Waals surface area (Å²) in [5, 5.41) is 19.2. The molecular weight excluding hydrogens is 266 g/mol. The lowest BCUT2D eigenvalue weighted by molar-refractivity contribution is -0.385. The molecule has 0 aliphatic carbocycles. The van der Waals surface area contributed by atoms with E-state index in [1.54, 1.807) is 6.92 Å². The van der Waals surface area contributed by atoms with Crippen LogP contribution >= 0.6 is 15.9 Å². The van der Waals surface area contributed by atoms with Crippen molar-refractivity contribution in [2.24, 2.45) is 0 Å². The Morgan fingerprint density at radius 1 is 1.60 bits per heavy atom. The zero-order valence-electron chi connectivity index (χ0n) is 7.86. The molecule has 1 aromatic rings. The summed E-state index contributed by atoms with van der Waals surface area (Å²) >= 11 is 3.11. The minimum absolute atomic E-state index is 0.0176. The van der Waals surface area contributed by atoms with Gasteiger partial charge in [-0.2, -0.15) is 0 Å². The summed E-state index contributed by atoms with van der Waals surface area (Å²) in [4.78, 5) is 20.6. The quantitative estimate of drug-likeness (QED) is 0.677. The second kappa shape index (κ2) is 4.39. The topological polar surface area (TPSA) is 80.4 Å². The number of carboxylic acids is 1. The molecule has 5 nitrogen and oxygen atoms in total. The Kier molecular flexibility index (Phi) is 3.41. The summed E-state index contributed by atoms with van der Waals surface area (Å²) in [7, 11) is 0. The molecule has 0 unspecified atom stereocenters. The van der Waals surface area contributed by atoms with Gasteiger partial charge in [-0.05, 0) is 18.6 Å². The highest BCUT2D eigenvalue weighted by molar-refractivity contribution is 9.10. The van der Waals surface area contributed by atoms with E-state index in [1.807, 2.05) is 0 Å². The molecule has 1 rings (SSSR count). The Balaban J connectivity index is 3.19. The van der Waals surface area contributed by atoms with Gasteiger partial charge in [-0.25, -0.2) is 0 Å². The Morgan fingerprint density at radius 3 is 2.67 bits per heavy atom. The second-order valence-electron chi connectivity index (χ2n) is 3.06. The lowest BCUT2D eigenvalue weighted by Gasteiger charge is -2.03. The molecule has 0 aliphatic heterocycles. The first-order valence-corrected chi connectivity index (χ1v) is 4.86. The van der Waals surface area contributed by atoms with E-state index >= 15 is 0 Å². The molecule has 0 atom stereocenters. The summed E-state index contributed by atoms with van der Waals surface area (Å²) in [5.41, 5.74) is 0.973. The van der Waals surface area contributed by atoms with E-state index in [0.717, 1.165) is 0 Å². The third-order valence-corrected chi connectivity index (χ3v) is 2.64. The molecule has 0 radical (unpaired) electrons. The summed E-state index contributed by atoms with van der Waals surface area (Å²) in [6, 6.07) is 2.84. The number of nitro groups is 1. The molecule has 0 spiro atoms. The van der Waals surface area contributed by atoms with Gasteiger partial charge in [0.2, 0.25) is 0 Å². The monoisotopic (exact) mass is 273 g/mol. The third kappa shape index (κ3) is 2.76. The molecule has 0 heterocycles. The smallest absolute Gasteiger partial charge is 0.307 e. The Labute approximate surface area is 94.0 Å². The fraction of sp³-hybridized carbons (Fsp3) is 0.222. The first kappa shape index (κ1) is 11.6. The van der Waals surface area contributed by atoms with E-state index in [9.17, 15) is 14.9 Å². The van der Waals surface area contributed by atoms with Gasteiger partial charge in [0.15, 0.2) is 0 Å². The molecular formula is C9H8BrNO4. The Hall–Kier alpha value is -1.43. The Morgan fingerprint density at radius 2 is 2.20 bits per heavy atom. The van der Waals surface area contributed by atoms with Gasteiger partial charge in [0, 0.05) is 16.1 Å². The van der Waals surface area contributed by atoms with Gasteiger partial charge in [0.1, 0.15) is 0 Å². The lowest BCUT2D eigenvalue weighted by atomic mass is 10.1. The van der Waals surface area contributed by atoms with Crippen molar-refractivity contribution < 1.29 is 14.8 Å². The summed E-state index contributed by atoms with van der Waals surface area (Å²) in [6.07, 6.45) is -0.153. The number of nitro benzene ring substituents is 1. The molecule has 6 heteroatoms. The lowest BCUT2D eigenvalue weighted by Crippen LogP contribution is -2.02. The van der Waals surface area contributed by atoms with Crippen molar-refractivity contribution in [1.29, 1.82) is 0 Å². The zero-order valence-corrected chi connectivity index (χ0v) is 9.44. The number of benzene rings is 1. The van der Waals surface area contributed by atoms with Crippen LogP contribution in [0, 0.1) is 17.0 Å². The highest BCUT2D eigenvalue weighted by atomic mass is 79.9. The maximum atomic E-state index is 10.6. The number of rotatable bonds is 3. The van der Waals surface area contributed by atoms with E-state index in [1.165, 1.54) is 12.1 Å². The van der Waals surface area contributed by atoms with Crippen LogP contribution < -0.4 is 0 Å². The van der Waals surface area contributed by atoms with Gasteiger partial charge in [-0.15, -0.1) is 0 Å². The van der Waals surface area contributed by atoms with E-state index in [2.05, 4.69) is 15.9 Å². The van der Waals surface area contributed by atoms with E-state index < -0.39 is 10.9 Å². The average molecular weight is 274 g/mol. The first-order chi connectivity index (χ1) is 6.91. The SMILES string of the molecule is Cc1cc(CC(=O)O)c(Br)cc1[N+](=O)[O-]. The minimum Gasteiger partial charge on any atom is -0.481 e. The number of carbonyl (C=O) groups is 1. The van der Waals surface area contributed by atoms with Crippen molar-refractivity contribution in [2.75, 3.05) is 0 Å². The number of hydrogen-bond acceptors (Lipinski definition) is 3. The first-order valence-electron chi connectivity index (χ1n) is 4.07. The molecule has 0 saturated heterocycles. The normalized spacial score (nSPS) is 10.0. The fourth-order valence-corrected chi connectivity index (χ4v) is 1.70. The Bertz CT molecular complexity index is 430. The van der Waals surface area contributed by atoms with Crippen LogP contribution in [0.25, 0.3) is 0 Å². The van der Waals surface area contributed by atoms with Crippen LogP contribution in [-0.4, -0.2) is 16.0 Å². The molecule has 1 aromatic carbocycles. The predicted molar refractivity (Wildman–Crippen MR) is 56.9 cm³/mol. The van der Waals surface area contributed by atoms with Crippen molar-refractivity contribution in [2.45, 2.75) is 13.3 Å². The number of nitrogens with zero attached hydrogens (tertiary/aromatic N) is 1. The van der Waals surface area contributed by atoms with Crippen molar-refractivity contribution in [3.8, 4) is 0 Å². The maximum Gasteiger partial charge on any atom is 0.307 e. The minimum atomic E-state index is -0.969. The number of aliphatic carboxylic acids is 1. The fourth-order valence-electron chi connectivity index (χ4n) is 1.23. The molecule has 80 valence electrons. The summed E-state index contributed by atoms with van der Waals surface area (Å²) in [5.74, 6) is -0.969. The van der Waals surface area contributed by atoms with Crippen molar-refractivity contribution in [3.63, 3.8) is 0 Å². The van der Waals surface area contributed by atoms with Crippen LogP contribution in [0.15, 0.2) is 16.6 Å². The van der Waals surface area contributed by atoms with Gasteiger partial charge in [0.25, 0.3) is 5.69 Å². The van der Waals surface area contributed by atoms with E-state index in [0.29, 0.717) is 15.6 Å². The van der Waals surface area contributed by atoms with Gasteiger partial charge >= 0.3 is 5.97 Å². The average Bonchev–Trinajstić information content (AvgIpc) is 2.09. The van der Waals surface area contributed by atoms with Gasteiger partial charge in [-0.3, -0.25) is 14.9 Å². The number of aryl methyl sites for hydroxylation is 1. The van der Waals surface area contributed by atoms with E-state index in [4.69, 9.17) is 5.11 Å². The van der Waals surface area contributed by atoms with Crippen LogP contribution in [0.4, 0.5) is 5.69 Å². The highest BCUT2D eigenvalue weighted by Crippen LogP contribution is 2.27. The summed E-state index contributed by atoms with van der Waals surface area (Å²) in [6.45, 7) is 1.58. The predicted octanol–water partition coefficient (Wildman–Crippen LogP) is 2.29. The maximum absolute atomic E-state index is 10.6. The standard InChI is InChI=1S/C9H8BrNO4/c1-5-2-6(3-9(12)13)7(10)4-8(5)11(14)15/h2,4H,3H2,1H3,(H,12,13). The molecule has 0 aliphatic rings. The molecule has 0 bridgehead atoms. The molecule has 15 heavy (non-hydrogen) atoms. The third-order valence-electron chi connectivity index (χ3n) is 1.90. The van der Waals surface area contributed by atoms with Gasteiger partial charge < -0.3 is 5.11 Å². The van der Waals surface area contributed by atoms with Crippen LogP contribution in [0.5, 0.6) is 0 Å². The van der Waals surface area contributed by atoms with E-state index in [-0.39, 0.29) is 12.1 Å². The van der Waals surface area contributed by atoms with Gasteiger partial charge in [-0.1, -0.05) is 15.9 Å². The number of hydrogen-bond donors (Lipinski definition) is 1. The molecule has 0 fully saturated rings. The van der Waals surface area contributed by atoms with Crippen molar-refractivity contribution in [1.82, 2.24) is 0 Å². The molecule has 0 saturated carbocycles. The van der Waals surface area contributed by atoms with Crippen LogP contribution in [-0.2, 0) is 11.2 Å². The van der Waals surface area contributed by atoms with Crippen LogP contribution in [0.1, 0.15) is 11.1 Å². The zero-order chi connectivity index (χ0) is 11.6. The van der Waals surface area contributed by atoms with Crippen molar-refractivity contribution in [3.05, 3.63) is 37.8 Å².